The number of methoxy groups -OCH3 is 1. The fourth-order valence-corrected chi connectivity index (χ4v) is 4.23. The molecule has 0 bridgehead atoms. The van der Waals surface area contributed by atoms with E-state index in [1.807, 2.05) is 42.5 Å². The quantitative estimate of drug-likeness (QED) is 0.529. The Morgan fingerprint density at radius 1 is 1.04 bits per heavy atom. The van der Waals surface area contributed by atoms with Gasteiger partial charge < -0.3 is 9.47 Å². The highest BCUT2D eigenvalue weighted by Gasteiger charge is 2.40. The highest BCUT2D eigenvalue weighted by molar-refractivity contribution is 9.10. The van der Waals surface area contributed by atoms with Gasteiger partial charge in [-0.25, -0.2) is 5.01 Å². The molecule has 0 spiro atoms. The molecule has 0 saturated heterocycles. The molecule has 2 aliphatic rings. The second-order valence-electron chi connectivity index (χ2n) is 6.94. The molecule has 3 aromatic rings. The van der Waals surface area contributed by atoms with Crippen LogP contribution in [0.15, 0.2) is 82.4 Å². The Morgan fingerprint density at radius 3 is 2.57 bits per heavy atom. The fraction of sp³-hybridized carbons (Fsp3) is 0.174. The topological polar surface area (TPSA) is 34.1 Å². The Hall–Kier alpha value is -2.79. The Kier molecular flexibility index (Phi) is 4.32. The lowest BCUT2D eigenvalue weighted by atomic mass is 9.96. The second kappa shape index (κ2) is 6.99. The van der Waals surface area contributed by atoms with Gasteiger partial charge in [0.05, 0.1) is 18.9 Å². The first-order valence-electron chi connectivity index (χ1n) is 9.24. The van der Waals surface area contributed by atoms with Gasteiger partial charge in [-0.2, -0.15) is 5.10 Å². The standard InChI is InChI=1S/C23H19BrN2O2/c1-27-18-10-7-15(8-11-18)20-14-21-19-13-17(24)9-12-22(19)28-23(26(21)25-20)16-5-3-2-4-6-16/h2-13,21,23H,14H2,1H3/t21-,23-/m0/s1. The van der Waals surface area contributed by atoms with E-state index in [4.69, 9.17) is 14.6 Å². The molecule has 0 N–H and O–H groups in total. The van der Waals surface area contributed by atoms with Crippen molar-refractivity contribution in [1.29, 1.82) is 0 Å². The van der Waals surface area contributed by atoms with E-state index in [9.17, 15) is 0 Å². The molecule has 0 aliphatic carbocycles. The fourth-order valence-electron chi connectivity index (χ4n) is 3.85. The number of nitrogens with zero attached hydrogens (tertiary/aromatic N) is 2. The summed E-state index contributed by atoms with van der Waals surface area (Å²) in [5.74, 6) is 1.77. The predicted molar refractivity (Wildman–Crippen MR) is 113 cm³/mol. The van der Waals surface area contributed by atoms with Gasteiger partial charge in [-0.05, 0) is 48.0 Å². The highest BCUT2D eigenvalue weighted by Crippen LogP contribution is 2.48. The van der Waals surface area contributed by atoms with Crippen LogP contribution in [0, 0.1) is 0 Å². The van der Waals surface area contributed by atoms with Gasteiger partial charge in [0.15, 0.2) is 0 Å². The number of benzene rings is 3. The average molecular weight is 435 g/mol. The summed E-state index contributed by atoms with van der Waals surface area (Å²) in [5.41, 5.74) is 4.43. The van der Waals surface area contributed by atoms with Crippen LogP contribution < -0.4 is 9.47 Å². The Bertz CT molecular complexity index is 1030. The van der Waals surface area contributed by atoms with Crippen LogP contribution in [0.1, 0.15) is 35.4 Å². The lowest BCUT2D eigenvalue weighted by Crippen LogP contribution is -2.33. The first kappa shape index (κ1) is 17.3. The minimum Gasteiger partial charge on any atom is -0.497 e. The summed E-state index contributed by atoms with van der Waals surface area (Å²) in [6.45, 7) is 0. The molecule has 5 heteroatoms. The molecule has 2 heterocycles. The lowest BCUT2D eigenvalue weighted by molar-refractivity contribution is -0.0190. The molecular formula is C23H19BrN2O2. The third-order valence-electron chi connectivity index (χ3n) is 5.26. The molecule has 0 radical (unpaired) electrons. The Balaban J connectivity index is 1.57. The largest absolute Gasteiger partial charge is 0.497 e. The van der Waals surface area contributed by atoms with E-state index in [1.54, 1.807) is 7.11 Å². The number of hydrogen-bond acceptors (Lipinski definition) is 4. The summed E-state index contributed by atoms with van der Waals surface area (Å²) >= 11 is 3.60. The lowest BCUT2D eigenvalue weighted by Gasteiger charge is -2.38. The molecule has 0 saturated carbocycles. The van der Waals surface area contributed by atoms with Crippen molar-refractivity contribution in [2.45, 2.75) is 18.7 Å². The molecule has 3 aromatic carbocycles. The number of hydrazone groups is 1. The van der Waals surface area contributed by atoms with Crippen molar-refractivity contribution < 1.29 is 9.47 Å². The molecule has 0 amide bonds. The van der Waals surface area contributed by atoms with E-state index in [0.717, 1.165) is 44.8 Å². The van der Waals surface area contributed by atoms with Crippen molar-refractivity contribution in [1.82, 2.24) is 5.01 Å². The van der Waals surface area contributed by atoms with Crippen molar-refractivity contribution in [2.24, 2.45) is 5.10 Å². The predicted octanol–water partition coefficient (Wildman–Crippen LogP) is 5.70. The molecule has 0 fully saturated rings. The molecule has 2 aliphatic heterocycles. The minimum absolute atomic E-state index is 0.142. The van der Waals surface area contributed by atoms with Gasteiger partial charge in [0.2, 0.25) is 6.23 Å². The summed E-state index contributed by atoms with van der Waals surface area (Å²) in [4.78, 5) is 0. The zero-order chi connectivity index (χ0) is 19.1. The molecular weight excluding hydrogens is 416 g/mol. The van der Waals surface area contributed by atoms with Crippen molar-refractivity contribution in [3.8, 4) is 11.5 Å². The minimum atomic E-state index is -0.240. The average Bonchev–Trinajstić information content (AvgIpc) is 3.20. The maximum Gasteiger partial charge on any atom is 0.213 e. The third-order valence-corrected chi connectivity index (χ3v) is 5.75. The monoisotopic (exact) mass is 434 g/mol. The van der Waals surface area contributed by atoms with Crippen LogP contribution in [-0.4, -0.2) is 17.8 Å². The van der Waals surface area contributed by atoms with Crippen molar-refractivity contribution in [3.63, 3.8) is 0 Å². The van der Waals surface area contributed by atoms with E-state index in [2.05, 4.69) is 51.3 Å². The zero-order valence-corrected chi connectivity index (χ0v) is 17.0. The summed E-state index contributed by atoms with van der Waals surface area (Å²) < 4.78 is 12.7. The van der Waals surface area contributed by atoms with Gasteiger partial charge in [0.25, 0.3) is 0 Å². The molecule has 140 valence electrons. The Labute approximate surface area is 172 Å². The molecule has 0 aromatic heterocycles. The number of ether oxygens (including phenoxy) is 2. The van der Waals surface area contributed by atoms with Gasteiger partial charge in [-0.15, -0.1) is 0 Å². The van der Waals surface area contributed by atoms with Crippen molar-refractivity contribution >= 4 is 21.6 Å². The number of rotatable bonds is 3. The maximum atomic E-state index is 6.39. The number of hydrogen-bond donors (Lipinski definition) is 0. The van der Waals surface area contributed by atoms with Crippen molar-refractivity contribution in [2.75, 3.05) is 7.11 Å². The van der Waals surface area contributed by atoms with Crippen molar-refractivity contribution in [3.05, 3.63) is 94.0 Å². The first-order chi connectivity index (χ1) is 13.7. The van der Waals surface area contributed by atoms with Crippen LogP contribution in [0.3, 0.4) is 0 Å². The van der Waals surface area contributed by atoms with Crippen LogP contribution >= 0.6 is 15.9 Å². The van der Waals surface area contributed by atoms with Crippen LogP contribution in [-0.2, 0) is 0 Å². The van der Waals surface area contributed by atoms with E-state index in [0.29, 0.717) is 0 Å². The Morgan fingerprint density at radius 2 is 1.82 bits per heavy atom. The summed E-state index contributed by atoms with van der Waals surface area (Å²) in [5, 5.41) is 7.09. The normalized spacial score (nSPS) is 20.1. The SMILES string of the molecule is COc1ccc(C2=NN3[C@@H](C2)c2cc(Br)ccc2O[C@H]3c2ccccc2)cc1. The van der Waals surface area contributed by atoms with E-state index in [-0.39, 0.29) is 12.3 Å². The summed E-state index contributed by atoms with van der Waals surface area (Å²) in [7, 11) is 1.68. The van der Waals surface area contributed by atoms with E-state index < -0.39 is 0 Å². The third kappa shape index (κ3) is 2.96. The van der Waals surface area contributed by atoms with Crippen LogP contribution in [0.5, 0.6) is 11.5 Å². The van der Waals surface area contributed by atoms with Gasteiger partial charge in [0, 0.05) is 22.0 Å². The van der Waals surface area contributed by atoms with Gasteiger partial charge in [0.1, 0.15) is 11.5 Å². The number of fused-ring (bicyclic) bond motifs is 3. The smallest absolute Gasteiger partial charge is 0.213 e. The van der Waals surface area contributed by atoms with Crippen LogP contribution in [0.25, 0.3) is 0 Å². The van der Waals surface area contributed by atoms with Gasteiger partial charge in [-0.1, -0.05) is 46.3 Å². The van der Waals surface area contributed by atoms with Gasteiger partial charge >= 0.3 is 0 Å². The number of halogens is 1. The molecule has 2 atom stereocenters. The summed E-state index contributed by atoms with van der Waals surface area (Å²) in [6.07, 6.45) is 0.596. The molecule has 4 nitrogen and oxygen atoms in total. The summed E-state index contributed by atoms with van der Waals surface area (Å²) in [6, 6.07) is 24.7. The maximum absolute atomic E-state index is 6.39. The van der Waals surface area contributed by atoms with Crippen LogP contribution in [0.2, 0.25) is 0 Å². The highest BCUT2D eigenvalue weighted by atomic mass is 79.9. The first-order valence-corrected chi connectivity index (χ1v) is 10.0. The van der Waals surface area contributed by atoms with E-state index in [1.165, 1.54) is 0 Å². The molecule has 28 heavy (non-hydrogen) atoms. The molecule has 0 unspecified atom stereocenters. The molecule has 5 rings (SSSR count). The van der Waals surface area contributed by atoms with E-state index >= 15 is 0 Å². The second-order valence-corrected chi connectivity index (χ2v) is 7.85. The zero-order valence-electron chi connectivity index (χ0n) is 15.4. The van der Waals surface area contributed by atoms with Crippen LogP contribution in [0.4, 0.5) is 0 Å². The van der Waals surface area contributed by atoms with Gasteiger partial charge in [-0.3, -0.25) is 0 Å².